The zero-order valence-corrected chi connectivity index (χ0v) is 14.4. The summed E-state index contributed by atoms with van der Waals surface area (Å²) in [5, 5.41) is 0.897. The lowest BCUT2D eigenvalue weighted by atomic mass is 10.1. The lowest BCUT2D eigenvalue weighted by molar-refractivity contribution is 0.0734. The first-order valence-electron chi connectivity index (χ1n) is 7.35. The highest BCUT2D eigenvalue weighted by atomic mass is 32.1. The quantitative estimate of drug-likeness (QED) is 0.411. The summed E-state index contributed by atoms with van der Waals surface area (Å²) in [6.45, 7) is 1.49. The van der Waals surface area contributed by atoms with E-state index in [0.29, 0.717) is 16.9 Å². The van der Waals surface area contributed by atoms with Crippen LogP contribution in [0.5, 0.6) is 5.75 Å². The van der Waals surface area contributed by atoms with Crippen molar-refractivity contribution in [2.45, 2.75) is 6.92 Å². The third kappa shape index (κ3) is 3.28. The molecule has 0 unspecified atom stereocenters. The maximum absolute atomic E-state index is 12.2. The molecule has 5 nitrogen and oxygen atoms in total. The first-order valence-corrected chi connectivity index (χ1v) is 8.17. The lowest BCUT2D eigenvalue weighted by Gasteiger charge is -2.05. The molecule has 0 saturated heterocycles. The molecule has 3 rings (SSSR count). The number of hydrogen-bond donors (Lipinski definition) is 0. The molecule has 0 fully saturated rings. The van der Waals surface area contributed by atoms with E-state index in [1.165, 1.54) is 18.3 Å². The van der Waals surface area contributed by atoms with Gasteiger partial charge < -0.3 is 9.64 Å². The number of carbonyl (C=O) groups excluding carboxylic acids is 2. The van der Waals surface area contributed by atoms with Gasteiger partial charge in [0.15, 0.2) is 10.9 Å². The van der Waals surface area contributed by atoms with E-state index in [9.17, 15) is 9.59 Å². The molecule has 0 radical (unpaired) electrons. The Morgan fingerprint density at radius 1 is 1.04 bits per heavy atom. The van der Waals surface area contributed by atoms with Crippen LogP contribution in [-0.2, 0) is 0 Å². The second kappa shape index (κ2) is 6.41. The number of thiazole rings is 1. The smallest absolute Gasteiger partial charge is 0.343 e. The van der Waals surface area contributed by atoms with Crippen LogP contribution >= 0.6 is 11.3 Å². The van der Waals surface area contributed by atoms with E-state index in [-0.39, 0.29) is 5.78 Å². The Bertz CT molecular complexity index is 914. The second-order valence-corrected chi connectivity index (χ2v) is 6.55. The molecule has 0 saturated carbocycles. The van der Waals surface area contributed by atoms with Gasteiger partial charge in [-0.1, -0.05) is 23.5 Å². The number of carbonyl (C=O) groups is 2. The summed E-state index contributed by atoms with van der Waals surface area (Å²) in [6, 6.07) is 11.8. The first-order chi connectivity index (χ1) is 11.4. The van der Waals surface area contributed by atoms with Crippen LogP contribution in [-0.4, -0.2) is 30.8 Å². The average molecular weight is 340 g/mol. The second-order valence-electron chi connectivity index (χ2n) is 5.54. The molecule has 3 aromatic rings. The Morgan fingerprint density at radius 2 is 1.71 bits per heavy atom. The van der Waals surface area contributed by atoms with Crippen molar-refractivity contribution in [1.82, 2.24) is 4.98 Å². The molecule has 0 amide bonds. The van der Waals surface area contributed by atoms with E-state index >= 15 is 0 Å². The highest BCUT2D eigenvalue weighted by molar-refractivity contribution is 7.22. The molecule has 24 heavy (non-hydrogen) atoms. The molecule has 0 bridgehead atoms. The largest absolute Gasteiger partial charge is 0.423 e. The minimum Gasteiger partial charge on any atom is -0.423 e. The van der Waals surface area contributed by atoms with Crippen LogP contribution < -0.4 is 9.64 Å². The number of esters is 1. The number of ketones is 1. The van der Waals surface area contributed by atoms with Crippen LogP contribution in [0.4, 0.5) is 5.13 Å². The number of ether oxygens (including phenoxy) is 1. The zero-order valence-electron chi connectivity index (χ0n) is 13.6. The van der Waals surface area contributed by atoms with E-state index in [2.05, 4.69) is 4.98 Å². The van der Waals surface area contributed by atoms with Gasteiger partial charge in [-0.05, 0) is 31.2 Å². The normalized spacial score (nSPS) is 10.6. The maximum atomic E-state index is 12.2. The molecule has 0 aliphatic heterocycles. The van der Waals surface area contributed by atoms with Gasteiger partial charge in [0, 0.05) is 25.7 Å². The van der Waals surface area contributed by atoms with Crippen molar-refractivity contribution in [2.24, 2.45) is 0 Å². The molecule has 0 aliphatic carbocycles. The van der Waals surface area contributed by atoms with Crippen LogP contribution in [0, 0.1) is 0 Å². The molecular formula is C18H16N2O3S. The number of Topliss-reactive ketones (excluding diaryl/α,β-unsaturated/α-hetero) is 1. The van der Waals surface area contributed by atoms with Gasteiger partial charge >= 0.3 is 5.97 Å². The fourth-order valence-electron chi connectivity index (χ4n) is 2.15. The fraction of sp³-hybridized carbons (Fsp3) is 0.167. The summed E-state index contributed by atoms with van der Waals surface area (Å²) < 4.78 is 6.37. The third-order valence-corrected chi connectivity index (χ3v) is 4.65. The van der Waals surface area contributed by atoms with Crippen molar-refractivity contribution in [3.63, 3.8) is 0 Å². The molecule has 122 valence electrons. The van der Waals surface area contributed by atoms with Gasteiger partial charge in [-0.2, -0.15) is 0 Å². The lowest BCUT2D eigenvalue weighted by Crippen LogP contribution is -2.08. The predicted octanol–water partition coefficient (Wildman–Crippen LogP) is 3.78. The van der Waals surface area contributed by atoms with Gasteiger partial charge in [-0.25, -0.2) is 9.78 Å². The van der Waals surface area contributed by atoms with Crippen molar-refractivity contribution in [2.75, 3.05) is 19.0 Å². The molecule has 1 aromatic heterocycles. The predicted molar refractivity (Wildman–Crippen MR) is 95.4 cm³/mol. The van der Waals surface area contributed by atoms with Crippen molar-refractivity contribution < 1.29 is 14.3 Å². The van der Waals surface area contributed by atoms with Crippen LogP contribution in [0.3, 0.4) is 0 Å². The van der Waals surface area contributed by atoms with Gasteiger partial charge in [-0.3, -0.25) is 4.79 Å². The molecule has 2 aromatic carbocycles. The number of rotatable bonds is 4. The Morgan fingerprint density at radius 3 is 2.33 bits per heavy atom. The molecule has 6 heteroatoms. The van der Waals surface area contributed by atoms with Gasteiger partial charge in [0.2, 0.25) is 0 Å². The van der Waals surface area contributed by atoms with Crippen LogP contribution in [0.1, 0.15) is 27.6 Å². The van der Waals surface area contributed by atoms with Crippen LogP contribution in [0.15, 0.2) is 42.5 Å². The van der Waals surface area contributed by atoms with Crippen molar-refractivity contribution in [3.8, 4) is 5.75 Å². The van der Waals surface area contributed by atoms with Crippen molar-refractivity contribution >= 4 is 38.4 Å². The summed E-state index contributed by atoms with van der Waals surface area (Å²) in [6.07, 6.45) is 0. The Hall–Kier alpha value is -2.73. The number of aromatic nitrogens is 1. The van der Waals surface area contributed by atoms with Gasteiger partial charge in [0.25, 0.3) is 0 Å². The molecule has 0 spiro atoms. The van der Waals surface area contributed by atoms with Gasteiger partial charge in [0.05, 0.1) is 15.8 Å². The zero-order chi connectivity index (χ0) is 17.3. The Kier molecular flexibility index (Phi) is 4.31. The van der Waals surface area contributed by atoms with Crippen molar-refractivity contribution in [1.29, 1.82) is 0 Å². The number of hydrogen-bond acceptors (Lipinski definition) is 6. The Balaban J connectivity index is 1.80. The monoisotopic (exact) mass is 340 g/mol. The number of benzene rings is 2. The molecule has 0 atom stereocenters. The summed E-state index contributed by atoms with van der Waals surface area (Å²) in [5.41, 5.74) is 1.83. The first kappa shape index (κ1) is 16.1. The minimum atomic E-state index is -0.457. The van der Waals surface area contributed by atoms with Crippen molar-refractivity contribution in [3.05, 3.63) is 53.6 Å². The molecular weight excluding hydrogens is 324 g/mol. The third-order valence-electron chi connectivity index (χ3n) is 3.47. The molecule has 0 N–H and O–H groups in total. The summed E-state index contributed by atoms with van der Waals surface area (Å²) in [7, 11) is 3.87. The molecule has 1 heterocycles. The Labute approximate surface area is 143 Å². The molecule has 0 aliphatic rings. The standard InChI is InChI=1S/C18H16N2O3S/c1-11(21)12-4-6-13(7-5-12)17(22)23-14-8-9-15-16(10-14)24-18(19-15)20(2)3/h4-10H,1-3H3. The van der Waals surface area contributed by atoms with E-state index in [0.717, 1.165) is 15.3 Å². The minimum absolute atomic E-state index is 0.0396. The van der Waals surface area contributed by atoms with Crippen LogP contribution in [0.25, 0.3) is 10.2 Å². The van der Waals surface area contributed by atoms with Gasteiger partial charge in [0.1, 0.15) is 5.75 Å². The topological polar surface area (TPSA) is 59.5 Å². The van der Waals surface area contributed by atoms with Gasteiger partial charge in [-0.15, -0.1) is 0 Å². The summed E-state index contributed by atoms with van der Waals surface area (Å²) in [4.78, 5) is 29.9. The highest BCUT2D eigenvalue weighted by Gasteiger charge is 2.12. The van der Waals surface area contributed by atoms with E-state index < -0.39 is 5.97 Å². The fourth-order valence-corrected chi connectivity index (χ4v) is 3.07. The SMILES string of the molecule is CC(=O)c1ccc(C(=O)Oc2ccc3nc(N(C)C)sc3c2)cc1. The summed E-state index contributed by atoms with van der Waals surface area (Å²) in [5.74, 6) is -0.0267. The van der Waals surface area contributed by atoms with E-state index in [4.69, 9.17) is 4.74 Å². The van der Waals surface area contributed by atoms with E-state index in [1.54, 1.807) is 30.3 Å². The number of fused-ring (bicyclic) bond motifs is 1. The maximum Gasteiger partial charge on any atom is 0.343 e. The summed E-state index contributed by atoms with van der Waals surface area (Å²) >= 11 is 1.53. The average Bonchev–Trinajstić information content (AvgIpc) is 2.98. The highest BCUT2D eigenvalue weighted by Crippen LogP contribution is 2.30. The van der Waals surface area contributed by atoms with Crippen LogP contribution in [0.2, 0.25) is 0 Å². The number of nitrogens with zero attached hydrogens (tertiary/aromatic N) is 2. The number of anilines is 1. The van der Waals surface area contributed by atoms with E-state index in [1.807, 2.05) is 31.1 Å².